The predicted octanol–water partition coefficient (Wildman–Crippen LogP) is 3.76. The van der Waals surface area contributed by atoms with E-state index in [0.29, 0.717) is 24.3 Å². The van der Waals surface area contributed by atoms with Crippen LogP contribution in [0.1, 0.15) is 27.4 Å². The molecule has 0 aliphatic heterocycles. The molecule has 1 amide bonds. The number of aryl methyl sites for hydroxylation is 1. The summed E-state index contributed by atoms with van der Waals surface area (Å²) in [4.78, 5) is 17.2. The number of thioether (sulfide) groups is 1. The molecule has 8 heteroatoms. The van der Waals surface area contributed by atoms with Gasteiger partial charge in [0.15, 0.2) is 5.65 Å². The first-order chi connectivity index (χ1) is 13.7. The standard InChI is InChI=1S/C20H19N5OS2/c1-14-12-27-20(22-14)28-13-15-6-2-3-7-16(15)19(26)21-10-9-18-24-23-17-8-4-5-11-25(17)18/h2-8,11-12H,9-10,13H2,1H3,(H,21,26). The molecule has 4 rings (SSSR count). The van der Waals surface area contributed by atoms with Crippen LogP contribution in [0.15, 0.2) is 58.4 Å². The normalized spacial score (nSPS) is 11.0. The van der Waals surface area contributed by atoms with Gasteiger partial charge in [-0.15, -0.1) is 21.5 Å². The minimum Gasteiger partial charge on any atom is -0.352 e. The second-order valence-electron chi connectivity index (χ2n) is 6.25. The number of carbonyl (C=O) groups excluding carboxylic acids is 1. The molecule has 1 N–H and O–H groups in total. The van der Waals surface area contributed by atoms with E-state index in [0.717, 1.165) is 27.1 Å². The lowest BCUT2D eigenvalue weighted by Crippen LogP contribution is -2.27. The second kappa shape index (κ2) is 8.53. The van der Waals surface area contributed by atoms with E-state index in [1.807, 2.05) is 65.4 Å². The van der Waals surface area contributed by atoms with Gasteiger partial charge in [0.25, 0.3) is 5.91 Å². The monoisotopic (exact) mass is 409 g/mol. The maximum Gasteiger partial charge on any atom is 0.251 e. The number of pyridine rings is 1. The predicted molar refractivity (Wildman–Crippen MR) is 112 cm³/mol. The number of fused-ring (bicyclic) bond motifs is 1. The molecule has 0 saturated carbocycles. The Bertz CT molecular complexity index is 1100. The summed E-state index contributed by atoms with van der Waals surface area (Å²) in [5.74, 6) is 1.48. The van der Waals surface area contributed by atoms with Crippen LogP contribution in [-0.4, -0.2) is 32.0 Å². The van der Waals surface area contributed by atoms with Gasteiger partial charge in [0.1, 0.15) is 10.2 Å². The Balaban J connectivity index is 1.38. The van der Waals surface area contributed by atoms with Crippen LogP contribution in [-0.2, 0) is 12.2 Å². The van der Waals surface area contributed by atoms with E-state index < -0.39 is 0 Å². The van der Waals surface area contributed by atoms with Crippen molar-refractivity contribution in [2.75, 3.05) is 6.54 Å². The number of hydrogen-bond donors (Lipinski definition) is 1. The Morgan fingerprint density at radius 2 is 2.04 bits per heavy atom. The smallest absolute Gasteiger partial charge is 0.251 e. The van der Waals surface area contributed by atoms with Crippen molar-refractivity contribution in [2.24, 2.45) is 0 Å². The number of carbonyl (C=O) groups is 1. The fourth-order valence-corrected chi connectivity index (χ4v) is 4.70. The van der Waals surface area contributed by atoms with E-state index in [9.17, 15) is 4.79 Å². The molecule has 1 aromatic carbocycles. The van der Waals surface area contributed by atoms with Gasteiger partial charge in [-0.3, -0.25) is 9.20 Å². The molecule has 28 heavy (non-hydrogen) atoms. The highest BCUT2D eigenvalue weighted by Crippen LogP contribution is 2.27. The Labute approximate surface area is 171 Å². The molecule has 0 atom stereocenters. The second-order valence-corrected chi connectivity index (χ2v) is 8.33. The molecule has 0 fully saturated rings. The van der Waals surface area contributed by atoms with E-state index in [4.69, 9.17) is 0 Å². The molecule has 0 radical (unpaired) electrons. The number of benzene rings is 1. The molecule has 0 aliphatic carbocycles. The van der Waals surface area contributed by atoms with Crippen molar-refractivity contribution in [1.29, 1.82) is 0 Å². The summed E-state index contributed by atoms with van der Waals surface area (Å²) in [5.41, 5.74) is 3.54. The molecule has 0 spiro atoms. The fraction of sp³-hybridized carbons (Fsp3) is 0.200. The fourth-order valence-electron chi connectivity index (χ4n) is 2.85. The van der Waals surface area contributed by atoms with Gasteiger partial charge in [-0.2, -0.15) is 0 Å². The third kappa shape index (κ3) is 4.23. The number of hydrogen-bond acceptors (Lipinski definition) is 6. The number of thiazole rings is 1. The first-order valence-electron chi connectivity index (χ1n) is 8.90. The van der Waals surface area contributed by atoms with Gasteiger partial charge in [0, 0.05) is 41.6 Å². The third-order valence-corrected chi connectivity index (χ3v) is 6.42. The molecule has 142 valence electrons. The molecule has 4 aromatic rings. The van der Waals surface area contributed by atoms with Crippen molar-refractivity contribution >= 4 is 34.7 Å². The van der Waals surface area contributed by atoms with E-state index >= 15 is 0 Å². The number of nitrogens with zero attached hydrogens (tertiary/aromatic N) is 4. The SMILES string of the molecule is Cc1csc(SCc2ccccc2C(=O)NCCc2nnc3ccccn23)n1. The summed E-state index contributed by atoms with van der Waals surface area (Å²) < 4.78 is 2.96. The van der Waals surface area contributed by atoms with Crippen LogP contribution in [0.3, 0.4) is 0 Å². The first-order valence-corrected chi connectivity index (χ1v) is 10.8. The van der Waals surface area contributed by atoms with Crippen LogP contribution < -0.4 is 5.32 Å². The molecule has 0 aliphatic rings. The highest BCUT2D eigenvalue weighted by Gasteiger charge is 2.12. The average molecular weight is 410 g/mol. The Morgan fingerprint density at radius 3 is 2.89 bits per heavy atom. The van der Waals surface area contributed by atoms with Gasteiger partial charge >= 0.3 is 0 Å². The first kappa shape index (κ1) is 18.6. The Morgan fingerprint density at radius 1 is 1.18 bits per heavy atom. The maximum absolute atomic E-state index is 12.7. The van der Waals surface area contributed by atoms with Gasteiger partial charge in [-0.1, -0.05) is 36.0 Å². The highest BCUT2D eigenvalue weighted by molar-refractivity contribution is 8.00. The number of rotatable bonds is 7. The molecular formula is C20H19N5OS2. The lowest BCUT2D eigenvalue weighted by molar-refractivity contribution is 0.0953. The van der Waals surface area contributed by atoms with Gasteiger partial charge in [-0.05, 0) is 30.7 Å². The van der Waals surface area contributed by atoms with Crippen molar-refractivity contribution < 1.29 is 4.79 Å². The molecule has 0 bridgehead atoms. The summed E-state index contributed by atoms with van der Waals surface area (Å²) >= 11 is 3.29. The molecule has 0 unspecified atom stereocenters. The summed E-state index contributed by atoms with van der Waals surface area (Å²) in [7, 11) is 0. The van der Waals surface area contributed by atoms with Crippen LogP contribution in [0.25, 0.3) is 5.65 Å². The van der Waals surface area contributed by atoms with E-state index in [1.54, 1.807) is 23.1 Å². The van der Waals surface area contributed by atoms with Crippen LogP contribution in [0.5, 0.6) is 0 Å². The average Bonchev–Trinajstić information content (AvgIpc) is 3.33. The Hall–Kier alpha value is -2.71. The van der Waals surface area contributed by atoms with E-state index in [-0.39, 0.29) is 5.91 Å². The highest BCUT2D eigenvalue weighted by atomic mass is 32.2. The van der Waals surface area contributed by atoms with Crippen molar-refractivity contribution in [2.45, 2.75) is 23.4 Å². The molecule has 3 aromatic heterocycles. The zero-order chi connectivity index (χ0) is 19.3. The van der Waals surface area contributed by atoms with Crippen LogP contribution in [0.2, 0.25) is 0 Å². The summed E-state index contributed by atoms with van der Waals surface area (Å²) in [5, 5.41) is 13.4. The van der Waals surface area contributed by atoms with Crippen molar-refractivity contribution in [3.63, 3.8) is 0 Å². The quantitative estimate of drug-likeness (QED) is 0.471. The number of amides is 1. The van der Waals surface area contributed by atoms with Gasteiger partial charge in [0.05, 0.1) is 0 Å². The van der Waals surface area contributed by atoms with Crippen molar-refractivity contribution in [1.82, 2.24) is 24.9 Å². The molecule has 0 saturated heterocycles. The minimum absolute atomic E-state index is 0.0691. The maximum atomic E-state index is 12.7. The molecule has 3 heterocycles. The molecular weight excluding hydrogens is 390 g/mol. The summed E-state index contributed by atoms with van der Waals surface area (Å²) in [6.07, 6.45) is 2.55. The zero-order valence-electron chi connectivity index (χ0n) is 15.3. The van der Waals surface area contributed by atoms with Crippen molar-refractivity contribution in [3.8, 4) is 0 Å². The van der Waals surface area contributed by atoms with Crippen molar-refractivity contribution in [3.05, 3.63) is 76.7 Å². The van der Waals surface area contributed by atoms with E-state index in [2.05, 4.69) is 20.5 Å². The van der Waals surface area contributed by atoms with Crippen LogP contribution in [0, 0.1) is 6.92 Å². The van der Waals surface area contributed by atoms with Crippen LogP contribution in [0.4, 0.5) is 0 Å². The number of nitrogens with one attached hydrogen (secondary N) is 1. The van der Waals surface area contributed by atoms with Gasteiger partial charge in [0.2, 0.25) is 0 Å². The largest absolute Gasteiger partial charge is 0.352 e. The van der Waals surface area contributed by atoms with Crippen LogP contribution >= 0.6 is 23.1 Å². The Kier molecular flexibility index (Phi) is 5.68. The van der Waals surface area contributed by atoms with Gasteiger partial charge < -0.3 is 5.32 Å². The number of aromatic nitrogens is 4. The zero-order valence-corrected chi connectivity index (χ0v) is 17.0. The van der Waals surface area contributed by atoms with E-state index in [1.165, 1.54) is 0 Å². The lowest BCUT2D eigenvalue weighted by Gasteiger charge is -2.09. The van der Waals surface area contributed by atoms with Gasteiger partial charge in [-0.25, -0.2) is 4.98 Å². The lowest BCUT2D eigenvalue weighted by atomic mass is 10.1. The third-order valence-electron chi connectivity index (χ3n) is 4.23. The topological polar surface area (TPSA) is 72.2 Å². The molecule has 6 nitrogen and oxygen atoms in total. The summed E-state index contributed by atoms with van der Waals surface area (Å²) in [6, 6.07) is 13.5. The minimum atomic E-state index is -0.0691. The summed E-state index contributed by atoms with van der Waals surface area (Å²) in [6.45, 7) is 2.49.